The molecule has 1 aliphatic carbocycles. The number of hydrogen-bond acceptors (Lipinski definition) is 6. The molecule has 9 nitrogen and oxygen atoms in total. The molecule has 202 valence electrons. The van der Waals surface area contributed by atoms with Crippen molar-refractivity contribution >= 4 is 28.5 Å². The number of nitrogens with one attached hydrogen (secondary N) is 1. The molecule has 0 bridgehead atoms. The van der Waals surface area contributed by atoms with E-state index in [0.29, 0.717) is 48.7 Å². The highest BCUT2D eigenvalue weighted by atomic mass is 35.5. The van der Waals surface area contributed by atoms with Crippen LogP contribution in [0.2, 0.25) is 5.15 Å². The van der Waals surface area contributed by atoms with Gasteiger partial charge in [0.15, 0.2) is 5.65 Å². The Labute approximate surface area is 226 Å². The molecule has 3 aliphatic rings. The first-order valence-corrected chi connectivity index (χ1v) is 13.8. The van der Waals surface area contributed by atoms with Gasteiger partial charge in [0.2, 0.25) is 5.91 Å². The summed E-state index contributed by atoms with van der Waals surface area (Å²) in [7, 11) is 0. The molecule has 2 N–H and O–H groups in total. The Morgan fingerprint density at radius 2 is 2.00 bits per heavy atom. The lowest BCUT2D eigenvalue weighted by molar-refractivity contribution is -0.141. The van der Waals surface area contributed by atoms with Crippen LogP contribution >= 0.6 is 11.6 Å². The number of carbonyl (C=O) groups excluding carboxylic acids is 1. The predicted molar refractivity (Wildman–Crippen MR) is 145 cm³/mol. The van der Waals surface area contributed by atoms with Crippen molar-refractivity contribution in [2.75, 3.05) is 32.8 Å². The maximum atomic E-state index is 13.4. The van der Waals surface area contributed by atoms with Crippen LogP contribution < -0.4 is 10.9 Å². The molecule has 1 amide bonds. The van der Waals surface area contributed by atoms with Crippen molar-refractivity contribution in [1.29, 1.82) is 0 Å². The Balaban J connectivity index is 1.23. The first-order chi connectivity index (χ1) is 18.2. The number of rotatable bonds is 5. The Hall–Kier alpha value is -2.72. The Kier molecular flexibility index (Phi) is 6.38. The highest BCUT2D eigenvalue weighted by Crippen LogP contribution is 2.47. The summed E-state index contributed by atoms with van der Waals surface area (Å²) >= 11 is 6.63. The first kappa shape index (κ1) is 25.6. The molecule has 0 unspecified atom stereocenters. The minimum Gasteiger partial charge on any atom is -0.388 e. The standard InChI is InChI=1S/C28H34ClN5O4/c1-18-13-19(3-4-20(18)22-15-38-12-9-30-22)34-23(29)14-21-24(34)31-17-33(25(21)35)16-28(37)7-10-32(11-8-28)26(36)27(2)5-6-27/h3-4,13-14,17,22,30,37H,5-12,15-16H2,1-2H3/t22-/m0/s1. The van der Waals surface area contributed by atoms with Crippen molar-refractivity contribution in [2.45, 2.75) is 57.7 Å². The summed E-state index contributed by atoms with van der Waals surface area (Å²) in [6.07, 6.45) is 4.21. The van der Waals surface area contributed by atoms with E-state index in [-0.39, 0.29) is 29.5 Å². The molecule has 0 radical (unpaired) electrons. The van der Waals surface area contributed by atoms with Gasteiger partial charge in [-0.2, -0.15) is 0 Å². The molecule has 1 aromatic carbocycles. The van der Waals surface area contributed by atoms with Crippen molar-refractivity contribution in [3.8, 4) is 5.69 Å². The van der Waals surface area contributed by atoms with Crippen molar-refractivity contribution in [1.82, 2.24) is 24.3 Å². The number of carbonyl (C=O) groups is 1. The molecule has 2 saturated heterocycles. The summed E-state index contributed by atoms with van der Waals surface area (Å²) < 4.78 is 8.86. The number of aryl methyl sites for hydroxylation is 1. The van der Waals surface area contributed by atoms with Crippen LogP contribution in [-0.4, -0.2) is 68.5 Å². The van der Waals surface area contributed by atoms with Gasteiger partial charge in [0, 0.05) is 30.7 Å². The van der Waals surface area contributed by atoms with E-state index >= 15 is 0 Å². The number of nitrogens with zero attached hydrogens (tertiary/aromatic N) is 4. The van der Waals surface area contributed by atoms with Crippen LogP contribution in [0.1, 0.15) is 49.8 Å². The Morgan fingerprint density at radius 3 is 2.66 bits per heavy atom. The quantitative estimate of drug-likeness (QED) is 0.517. The van der Waals surface area contributed by atoms with Gasteiger partial charge in [0.05, 0.1) is 36.8 Å². The lowest BCUT2D eigenvalue weighted by Crippen LogP contribution is -2.51. The van der Waals surface area contributed by atoms with Crippen LogP contribution in [0.15, 0.2) is 35.4 Å². The van der Waals surface area contributed by atoms with Crippen LogP contribution in [0.3, 0.4) is 0 Å². The number of hydrogen-bond donors (Lipinski definition) is 2. The zero-order valence-corrected chi connectivity index (χ0v) is 22.6. The number of halogens is 1. The zero-order valence-electron chi connectivity index (χ0n) is 21.9. The molecule has 1 atom stereocenters. The fourth-order valence-electron chi connectivity index (χ4n) is 5.78. The Morgan fingerprint density at radius 1 is 1.24 bits per heavy atom. The van der Waals surface area contributed by atoms with Crippen LogP contribution in [0, 0.1) is 12.3 Å². The zero-order chi connectivity index (χ0) is 26.7. The summed E-state index contributed by atoms with van der Waals surface area (Å²) in [6.45, 7) is 7.35. The van der Waals surface area contributed by atoms with Crippen LogP contribution in [-0.2, 0) is 16.1 Å². The molecule has 3 fully saturated rings. The average Bonchev–Trinajstić information content (AvgIpc) is 3.57. The van der Waals surface area contributed by atoms with Gasteiger partial charge in [-0.25, -0.2) is 4.98 Å². The lowest BCUT2D eigenvalue weighted by atomic mass is 9.90. The topological polar surface area (TPSA) is 102 Å². The number of piperidine rings is 1. The maximum Gasteiger partial charge on any atom is 0.262 e. The summed E-state index contributed by atoms with van der Waals surface area (Å²) in [4.78, 5) is 32.6. The molecular formula is C28H34ClN5O4. The van der Waals surface area contributed by atoms with Gasteiger partial charge < -0.3 is 20.1 Å². The minimum absolute atomic E-state index is 0.126. The third-order valence-corrected chi connectivity index (χ3v) is 8.79. The number of amides is 1. The average molecular weight is 540 g/mol. The van der Waals surface area contributed by atoms with E-state index in [0.717, 1.165) is 37.2 Å². The number of fused-ring (bicyclic) bond motifs is 1. The molecule has 6 rings (SSSR count). The second-order valence-electron chi connectivity index (χ2n) is 11.4. The number of benzene rings is 1. The van der Waals surface area contributed by atoms with Crippen LogP contribution in [0.5, 0.6) is 0 Å². The molecular weight excluding hydrogens is 506 g/mol. The minimum atomic E-state index is -1.07. The smallest absolute Gasteiger partial charge is 0.262 e. The summed E-state index contributed by atoms with van der Waals surface area (Å²) in [5, 5.41) is 15.6. The van der Waals surface area contributed by atoms with Crippen molar-refractivity contribution < 1.29 is 14.6 Å². The highest BCUT2D eigenvalue weighted by molar-refractivity contribution is 6.31. The number of aliphatic hydroxyl groups is 1. The molecule has 2 aromatic heterocycles. The third kappa shape index (κ3) is 4.55. The number of aromatic nitrogens is 3. The number of morpholine rings is 1. The van der Waals surface area contributed by atoms with Crippen molar-refractivity contribution in [2.24, 2.45) is 5.41 Å². The second kappa shape index (κ2) is 9.48. The van der Waals surface area contributed by atoms with E-state index in [1.807, 2.05) is 24.0 Å². The monoisotopic (exact) mass is 539 g/mol. The first-order valence-electron chi connectivity index (χ1n) is 13.4. The SMILES string of the molecule is Cc1cc(-n2c(Cl)cc3c(=O)n(CC4(O)CCN(C(=O)C5(C)CC5)CC4)cnc32)ccc1[C@@H]1COCCN1. The summed E-state index contributed by atoms with van der Waals surface area (Å²) in [5.74, 6) is 0.183. The Bertz CT molecular complexity index is 1450. The van der Waals surface area contributed by atoms with Crippen molar-refractivity contribution in [3.05, 3.63) is 57.2 Å². The number of ether oxygens (including phenoxy) is 1. The third-order valence-electron chi connectivity index (χ3n) is 8.51. The lowest BCUT2D eigenvalue weighted by Gasteiger charge is -2.39. The van der Waals surface area contributed by atoms with E-state index in [2.05, 4.69) is 23.3 Å². The molecule has 2 aliphatic heterocycles. The molecule has 3 aromatic rings. The van der Waals surface area contributed by atoms with Gasteiger partial charge >= 0.3 is 0 Å². The normalized spacial score (nSPS) is 22.5. The van der Waals surface area contributed by atoms with E-state index in [1.54, 1.807) is 10.6 Å². The van der Waals surface area contributed by atoms with Crippen molar-refractivity contribution in [3.63, 3.8) is 0 Å². The van der Waals surface area contributed by atoms with Gasteiger partial charge in [-0.3, -0.25) is 18.7 Å². The predicted octanol–water partition coefficient (Wildman–Crippen LogP) is 2.96. The van der Waals surface area contributed by atoms with E-state index in [4.69, 9.17) is 16.3 Å². The van der Waals surface area contributed by atoms with Gasteiger partial charge in [-0.15, -0.1) is 0 Å². The molecule has 1 saturated carbocycles. The highest BCUT2D eigenvalue weighted by Gasteiger charge is 2.48. The fourth-order valence-corrected chi connectivity index (χ4v) is 6.07. The van der Waals surface area contributed by atoms with E-state index in [1.165, 1.54) is 16.5 Å². The number of likely N-dealkylation sites (tertiary alicyclic amines) is 1. The van der Waals surface area contributed by atoms with E-state index < -0.39 is 5.60 Å². The van der Waals surface area contributed by atoms with Gasteiger partial charge in [0.1, 0.15) is 11.5 Å². The molecule has 0 spiro atoms. The van der Waals surface area contributed by atoms with Gasteiger partial charge in [-0.1, -0.05) is 24.6 Å². The van der Waals surface area contributed by atoms with Crippen LogP contribution in [0.4, 0.5) is 0 Å². The largest absolute Gasteiger partial charge is 0.388 e. The molecule has 10 heteroatoms. The van der Waals surface area contributed by atoms with Gasteiger partial charge in [0.25, 0.3) is 5.56 Å². The van der Waals surface area contributed by atoms with Gasteiger partial charge in [-0.05, 0) is 61.9 Å². The fraction of sp³-hybridized carbons (Fsp3) is 0.536. The molecule has 38 heavy (non-hydrogen) atoms. The second-order valence-corrected chi connectivity index (χ2v) is 11.8. The van der Waals surface area contributed by atoms with E-state index in [9.17, 15) is 14.7 Å². The summed E-state index contributed by atoms with van der Waals surface area (Å²) in [6, 6.07) is 7.88. The summed E-state index contributed by atoms with van der Waals surface area (Å²) in [5.41, 5.74) is 2.04. The maximum absolute atomic E-state index is 13.4. The molecule has 4 heterocycles. The van der Waals surface area contributed by atoms with Crippen LogP contribution in [0.25, 0.3) is 16.7 Å².